The van der Waals surface area contributed by atoms with E-state index in [1.165, 1.54) is 6.07 Å². The van der Waals surface area contributed by atoms with Gasteiger partial charge >= 0.3 is 0 Å². The zero-order chi connectivity index (χ0) is 14.8. The van der Waals surface area contributed by atoms with Crippen molar-refractivity contribution >= 4 is 38.3 Å². The first-order valence-electron chi connectivity index (χ1n) is 6.39. The van der Waals surface area contributed by atoms with Gasteiger partial charge in [-0.25, -0.2) is 4.39 Å². The molecular formula is C17H11BrClFO. The van der Waals surface area contributed by atoms with E-state index in [4.69, 9.17) is 16.3 Å². The number of hydrogen-bond donors (Lipinski definition) is 0. The molecule has 21 heavy (non-hydrogen) atoms. The van der Waals surface area contributed by atoms with Gasteiger partial charge in [0.05, 0.1) is 10.4 Å². The summed E-state index contributed by atoms with van der Waals surface area (Å²) in [7, 11) is 0. The Morgan fingerprint density at radius 1 is 1.00 bits per heavy atom. The van der Waals surface area contributed by atoms with Crippen LogP contribution < -0.4 is 4.74 Å². The van der Waals surface area contributed by atoms with Crippen LogP contribution in [0.3, 0.4) is 0 Å². The number of hydrogen-bond acceptors (Lipinski definition) is 1. The van der Waals surface area contributed by atoms with E-state index in [0.29, 0.717) is 11.3 Å². The highest BCUT2D eigenvalue weighted by atomic mass is 79.9. The molecule has 0 aliphatic carbocycles. The monoisotopic (exact) mass is 364 g/mol. The fourth-order valence-electron chi connectivity index (χ4n) is 2.18. The average Bonchev–Trinajstić information content (AvgIpc) is 2.52. The standard InChI is InChI=1S/C17H11BrClFO/c18-16-13-6-2-1-4-11(13)8-9-15(16)21-17-12(10-19)5-3-7-14(17)20/h1-9H,10H2. The third-order valence-electron chi connectivity index (χ3n) is 3.23. The molecule has 0 spiro atoms. The fourth-order valence-corrected chi connectivity index (χ4v) is 2.96. The van der Waals surface area contributed by atoms with Crippen LogP contribution in [0.2, 0.25) is 0 Å². The molecule has 0 aliphatic heterocycles. The number of rotatable bonds is 3. The second kappa shape index (κ2) is 6.04. The molecule has 3 aromatic rings. The summed E-state index contributed by atoms with van der Waals surface area (Å²) in [5.41, 5.74) is 0.622. The lowest BCUT2D eigenvalue weighted by atomic mass is 10.1. The number of halogens is 3. The molecule has 106 valence electrons. The second-order valence-corrected chi connectivity index (χ2v) is 5.62. The SMILES string of the molecule is Fc1cccc(CCl)c1Oc1ccc2ccccc2c1Br. The van der Waals surface area contributed by atoms with Crippen LogP contribution >= 0.6 is 27.5 Å². The number of ether oxygens (including phenoxy) is 1. The number of para-hydroxylation sites is 1. The maximum atomic E-state index is 14.0. The summed E-state index contributed by atoms with van der Waals surface area (Å²) >= 11 is 9.38. The molecule has 1 nitrogen and oxygen atoms in total. The summed E-state index contributed by atoms with van der Waals surface area (Å²) in [4.78, 5) is 0. The zero-order valence-electron chi connectivity index (χ0n) is 10.9. The normalized spacial score (nSPS) is 10.8. The Morgan fingerprint density at radius 3 is 2.62 bits per heavy atom. The molecule has 4 heteroatoms. The molecule has 0 aliphatic rings. The summed E-state index contributed by atoms with van der Waals surface area (Å²) in [6.45, 7) is 0. The Balaban J connectivity index is 2.09. The Bertz CT molecular complexity index is 804. The minimum Gasteiger partial charge on any atom is -0.453 e. The van der Waals surface area contributed by atoms with E-state index in [1.54, 1.807) is 12.1 Å². The molecule has 0 amide bonds. The van der Waals surface area contributed by atoms with E-state index in [2.05, 4.69) is 15.9 Å². The highest BCUT2D eigenvalue weighted by molar-refractivity contribution is 9.10. The van der Waals surface area contributed by atoms with Crippen LogP contribution in [-0.2, 0) is 5.88 Å². The van der Waals surface area contributed by atoms with E-state index in [0.717, 1.165) is 15.2 Å². The third kappa shape index (κ3) is 2.76. The molecule has 0 heterocycles. The van der Waals surface area contributed by atoms with Crippen LogP contribution in [0, 0.1) is 5.82 Å². The van der Waals surface area contributed by atoms with E-state index >= 15 is 0 Å². The van der Waals surface area contributed by atoms with Gasteiger partial charge in [0.1, 0.15) is 5.75 Å². The Labute approximate surface area is 135 Å². The molecule has 0 saturated carbocycles. The Hall–Kier alpha value is -1.58. The Kier molecular flexibility index (Phi) is 4.13. The molecule has 0 N–H and O–H groups in total. The number of benzene rings is 3. The average molecular weight is 366 g/mol. The second-order valence-electron chi connectivity index (χ2n) is 4.56. The van der Waals surface area contributed by atoms with Crippen LogP contribution in [0.4, 0.5) is 4.39 Å². The summed E-state index contributed by atoms with van der Waals surface area (Å²) in [5.74, 6) is 0.500. The van der Waals surface area contributed by atoms with E-state index in [-0.39, 0.29) is 11.6 Å². The molecular weight excluding hydrogens is 355 g/mol. The lowest BCUT2D eigenvalue weighted by Gasteiger charge is -2.13. The highest BCUT2D eigenvalue weighted by Crippen LogP contribution is 2.37. The van der Waals surface area contributed by atoms with Gasteiger partial charge in [-0.05, 0) is 38.8 Å². The first-order chi connectivity index (χ1) is 10.2. The van der Waals surface area contributed by atoms with Gasteiger partial charge in [0.2, 0.25) is 0 Å². The lowest BCUT2D eigenvalue weighted by molar-refractivity contribution is 0.436. The molecule has 0 fully saturated rings. The number of alkyl halides is 1. The molecule has 0 atom stereocenters. The largest absolute Gasteiger partial charge is 0.453 e. The molecule has 3 aromatic carbocycles. The van der Waals surface area contributed by atoms with Gasteiger partial charge in [0.15, 0.2) is 11.6 Å². The predicted octanol–water partition coefficient (Wildman–Crippen LogP) is 6.27. The highest BCUT2D eigenvalue weighted by Gasteiger charge is 2.13. The van der Waals surface area contributed by atoms with Crippen molar-refractivity contribution in [3.05, 3.63) is 70.5 Å². The molecule has 0 radical (unpaired) electrons. The van der Waals surface area contributed by atoms with Gasteiger partial charge in [-0.3, -0.25) is 0 Å². The van der Waals surface area contributed by atoms with Gasteiger partial charge in [-0.2, -0.15) is 0 Å². The van der Waals surface area contributed by atoms with E-state index in [1.807, 2.05) is 36.4 Å². The molecule has 3 rings (SSSR count). The van der Waals surface area contributed by atoms with Gasteiger partial charge in [0.25, 0.3) is 0 Å². The van der Waals surface area contributed by atoms with Crippen molar-refractivity contribution < 1.29 is 9.13 Å². The van der Waals surface area contributed by atoms with Gasteiger partial charge in [0, 0.05) is 5.56 Å². The van der Waals surface area contributed by atoms with Crippen molar-refractivity contribution in [3.8, 4) is 11.5 Å². The van der Waals surface area contributed by atoms with Gasteiger partial charge in [-0.1, -0.05) is 42.5 Å². The fraction of sp³-hybridized carbons (Fsp3) is 0.0588. The maximum Gasteiger partial charge on any atom is 0.167 e. The molecule has 0 saturated heterocycles. The first kappa shape index (κ1) is 14.4. The third-order valence-corrected chi connectivity index (χ3v) is 4.34. The maximum absolute atomic E-state index is 14.0. The quantitative estimate of drug-likeness (QED) is 0.497. The topological polar surface area (TPSA) is 9.23 Å². The predicted molar refractivity (Wildman–Crippen MR) is 87.7 cm³/mol. The summed E-state index contributed by atoms with van der Waals surface area (Å²) in [5, 5.41) is 2.10. The van der Waals surface area contributed by atoms with E-state index in [9.17, 15) is 4.39 Å². The smallest absolute Gasteiger partial charge is 0.167 e. The Morgan fingerprint density at radius 2 is 1.81 bits per heavy atom. The molecule has 0 aromatic heterocycles. The van der Waals surface area contributed by atoms with Crippen molar-refractivity contribution in [3.63, 3.8) is 0 Å². The van der Waals surface area contributed by atoms with Crippen LogP contribution in [-0.4, -0.2) is 0 Å². The van der Waals surface area contributed by atoms with Crippen molar-refractivity contribution in [2.24, 2.45) is 0 Å². The van der Waals surface area contributed by atoms with Crippen LogP contribution in [0.15, 0.2) is 59.1 Å². The van der Waals surface area contributed by atoms with Crippen molar-refractivity contribution in [1.29, 1.82) is 0 Å². The van der Waals surface area contributed by atoms with Crippen LogP contribution in [0.5, 0.6) is 11.5 Å². The minimum absolute atomic E-state index is 0.170. The minimum atomic E-state index is -0.423. The molecule has 0 unspecified atom stereocenters. The van der Waals surface area contributed by atoms with Crippen molar-refractivity contribution in [1.82, 2.24) is 0 Å². The van der Waals surface area contributed by atoms with Crippen molar-refractivity contribution in [2.45, 2.75) is 5.88 Å². The van der Waals surface area contributed by atoms with Crippen LogP contribution in [0.1, 0.15) is 5.56 Å². The van der Waals surface area contributed by atoms with Gasteiger partial charge < -0.3 is 4.74 Å². The summed E-state index contributed by atoms with van der Waals surface area (Å²) in [6, 6.07) is 16.4. The molecule has 0 bridgehead atoms. The van der Waals surface area contributed by atoms with E-state index < -0.39 is 5.82 Å². The van der Waals surface area contributed by atoms with Gasteiger partial charge in [-0.15, -0.1) is 11.6 Å². The number of fused-ring (bicyclic) bond motifs is 1. The zero-order valence-corrected chi connectivity index (χ0v) is 13.3. The first-order valence-corrected chi connectivity index (χ1v) is 7.72. The summed E-state index contributed by atoms with van der Waals surface area (Å²) in [6.07, 6.45) is 0. The lowest BCUT2D eigenvalue weighted by Crippen LogP contribution is -1.94. The summed E-state index contributed by atoms with van der Waals surface area (Å²) < 4.78 is 20.5. The van der Waals surface area contributed by atoms with Crippen LogP contribution in [0.25, 0.3) is 10.8 Å². The van der Waals surface area contributed by atoms with Crippen molar-refractivity contribution in [2.75, 3.05) is 0 Å².